The van der Waals surface area contributed by atoms with Crippen LogP contribution in [0.2, 0.25) is 0 Å². The molecule has 0 heteroatoms. The fraction of sp³-hybridized carbons (Fsp3) is 0.515. The quantitative estimate of drug-likeness (QED) is 0.445. The van der Waals surface area contributed by atoms with Crippen molar-refractivity contribution in [3.63, 3.8) is 0 Å². The Kier molecular flexibility index (Phi) is 4.92. The van der Waals surface area contributed by atoms with Crippen molar-refractivity contribution < 1.29 is 0 Å². The van der Waals surface area contributed by atoms with Crippen molar-refractivity contribution in [2.45, 2.75) is 82.5 Å². The standard InChI is InChI=1S/C33H38/c1-2-4-7-23(6-3-1)14-24-18-29-8-5-9-31(32(29)19-24)28-10-12-30(13-11-28)33-20-25-15-26(21-33)17-27(16-25)22-33/h5,8-14,18-19,23,25-27H,1-4,6-7,15-17,20-22H2. The Morgan fingerprint density at radius 3 is 2.03 bits per heavy atom. The topological polar surface area (TPSA) is 0 Å². The third-order valence-corrected chi connectivity index (χ3v) is 9.95. The van der Waals surface area contributed by atoms with Gasteiger partial charge in [0.2, 0.25) is 0 Å². The zero-order valence-electron chi connectivity index (χ0n) is 20.1. The normalized spacial score (nSPS) is 34.1. The molecule has 6 aliphatic carbocycles. The van der Waals surface area contributed by atoms with Crippen molar-refractivity contribution in [2.24, 2.45) is 23.7 Å². The van der Waals surface area contributed by atoms with E-state index in [-0.39, 0.29) is 0 Å². The van der Waals surface area contributed by atoms with Crippen molar-refractivity contribution in [3.8, 4) is 11.1 Å². The molecule has 5 fully saturated rings. The van der Waals surface area contributed by atoms with Crippen LogP contribution in [0.25, 0.3) is 23.3 Å². The summed E-state index contributed by atoms with van der Waals surface area (Å²) < 4.78 is 0. The Morgan fingerprint density at radius 2 is 1.36 bits per heavy atom. The molecule has 8 rings (SSSR count). The highest BCUT2D eigenvalue weighted by atomic mass is 14.6. The van der Waals surface area contributed by atoms with E-state index in [9.17, 15) is 0 Å². The monoisotopic (exact) mass is 434 g/mol. The molecule has 0 spiro atoms. The van der Waals surface area contributed by atoms with E-state index in [1.807, 2.05) is 0 Å². The molecule has 4 bridgehead atoms. The summed E-state index contributed by atoms with van der Waals surface area (Å²) >= 11 is 0. The minimum Gasteiger partial charge on any atom is -0.0741 e. The molecule has 0 heterocycles. The predicted molar refractivity (Wildman–Crippen MR) is 139 cm³/mol. The zero-order valence-corrected chi connectivity index (χ0v) is 20.1. The van der Waals surface area contributed by atoms with Gasteiger partial charge in [0.05, 0.1) is 0 Å². The molecule has 6 aliphatic rings. The molecule has 0 unspecified atom stereocenters. The minimum absolute atomic E-state index is 0.500. The Morgan fingerprint density at radius 1 is 0.697 bits per heavy atom. The van der Waals surface area contributed by atoms with Crippen LogP contribution in [-0.2, 0) is 5.41 Å². The van der Waals surface area contributed by atoms with Crippen LogP contribution < -0.4 is 10.4 Å². The van der Waals surface area contributed by atoms with E-state index in [4.69, 9.17) is 0 Å². The molecule has 0 aliphatic heterocycles. The van der Waals surface area contributed by atoms with Crippen molar-refractivity contribution >= 4 is 12.2 Å². The van der Waals surface area contributed by atoms with Crippen molar-refractivity contribution in [2.75, 3.05) is 0 Å². The van der Waals surface area contributed by atoms with Gasteiger partial charge < -0.3 is 0 Å². The summed E-state index contributed by atoms with van der Waals surface area (Å²) in [4.78, 5) is 0. The molecule has 0 atom stereocenters. The summed E-state index contributed by atoms with van der Waals surface area (Å²) in [5, 5.41) is 2.83. The van der Waals surface area contributed by atoms with Gasteiger partial charge in [-0.25, -0.2) is 0 Å². The molecule has 33 heavy (non-hydrogen) atoms. The number of hydrogen-bond acceptors (Lipinski definition) is 0. The van der Waals surface area contributed by atoms with Gasteiger partial charge in [-0.05, 0) is 125 Å². The van der Waals surface area contributed by atoms with Crippen LogP contribution in [-0.4, -0.2) is 0 Å². The lowest BCUT2D eigenvalue weighted by molar-refractivity contribution is -0.00518. The highest BCUT2D eigenvalue weighted by Crippen LogP contribution is 2.60. The second kappa shape index (κ2) is 8.00. The third-order valence-electron chi connectivity index (χ3n) is 9.95. The first-order valence-corrected chi connectivity index (χ1v) is 13.9. The summed E-state index contributed by atoms with van der Waals surface area (Å²) in [7, 11) is 0. The average Bonchev–Trinajstić information content (AvgIpc) is 3.05. The van der Waals surface area contributed by atoms with Crippen molar-refractivity contribution in [1.29, 1.82) is 0 Å². The molecule has 2 aromatic carbocycles. The maximum atomic E-state index is 2.57. The lowest BCUT2D eigenvalue weighted by Gasteiger charge is -2.57. The molecule has 0 radical (unpaired) electrons. The number of allylic oxidation sites excluding steroid dienone is 2. The van der Waals surface area contributed by atoms with E-state index in [0.717, 1.165) is 23.7 Å². The molecule has 170 valence electrons. The van der Waals surface area contributed by atoms with Crippen LogP contribution in [0.4, 0.5) is 0 Å². The smallest absolute Gasteiger partial charge is 0.00391 e. The van der Waals surface area contributed by atoms with Gasteiger partial charge in [-0.1, -0.05) is 74.2 Å². The first-order valence-electron chi connectivity index (χ1n) is 13.9. The van der Waals surface area contributed by atoms with E-state index >= 15 is 0 Å². The lowest BCUT2D eigenvalue weighted by atomic mass is 9.48. The summed E-state index contributed by atoms with van der Waals surface area (Å²) in [5.41, 5.74) is 6.38. The van der Waals surface area contributed by atoms with Gasteiger partial charge in [-0.3, -0.25) is 0 Å². The minimum atomic E-state index is 0.500. The van der Waals surface area contributed by atoms with Gasteiger partial charge in [0.1, 0.15) is 0 Å². The maximum Gasteiger partial charge on any atom is -0.00391 e. The van der Waals surface area contributed by atoms with Crippen LogP contribution in [0.15, 0.2) is 54.1 Å². The summed E-state index contributed by atoms with van der Waals surface area (Å²) in [6.07, 6.45) is 24.8. The summed E-state index contributed by atoms with van der Waals surface area (Å²) in [5.74, 6) is 3.80. The second-order valence-corrected chi connectivity index (χ2v) is 12.3. The number of benzene rings is 2. The van der Waals surface area contributed by atoms with E-state index in [2.05, 4.69) is 60.7 Å². The Labute approximate surface area is 199 Å². The van der Waals surface area contributed by atoms with Crippen molar-refractivity contribution in [1.82, 2.24) is 0 Å². The predicted octanol–water partition coefficient (Wildman–Crippen LogP) is 7.29. The van der Waals surface area contributed by atoms with Gasteiger partial charge >= 0.3 is 0 Å². The number of rotatable bonds is 3. The molecule has 0 N–H and O–H groups in total. The Bertz CT molecular complexity index is 1150. The Balaban J connectivity index is 1.19. The molecule has 2 aromatic rings. The fourth-order valence-corrected chi connectivity index (χ4v) is 8.82. The third kappa shape index (κ3) is 3.65. The Hall–Kier alpha value is -2.08. The molecular formula is C33H38. The average molecular weight is 435 g/mol. The van der Waals surface area contributed by atoms with Crippen LogP contribution >= 0.6 is 0 Å². The van der Waals surface area contributed by atoms with Gasteiger partial charge in [0.25, 0.3) is 0 Å². The summed E-state index contributed by atoms with van der Waals surface area (Å²) in [6.45, 7) is 0. The highest BCUT2D eigenvalue weighted by molar-refractivity contribution is 5.78. The van der Waals surface area contributed by atoms with Gasteiger partial charge in [-0.15, -0.1) is 0 Å². The number of fused-ring (bicyclic) bond motifs is 1. The van der Waals surface area contributed by atoms with Gasteiger partial charge in [-0.2, -0.15) is 0 Å². The van der Waals surface area contributed by atoms with Gasteiger partial charge in [0.15, 0.2) is 0 Å². The highest BCUT2D eigenvalue weighted by Gasteiger charge is 2.51. The van der Waals surface area contributed by atoms with E-state index < -0.39 is 0 Å². The van der Waals surface area contributed by atoms with Gasteiger partial charge in [0, 0.05) is 0 Å². The fourth-order valence-electron chi connectivity index (χ4n) is 8.82. The van der Waals surface area contributed by atoms with Crippen LogP contribution in [0.5, 0.6) is 0 Å². The maximum absolute atomic E-state index is 2.57. The molecule has 0 aromatic heterocycles. The van der Waals surface area contributed by atoms with Crippen LogP contribution in [0, 0.1) is 23.7 Å². The summed E-state index contributed by atoms with van der Waals surface area (Å²) in [6, 6.07) is 16.8. The van der Waals surface area contributed by atoms with Crippen molar-refractivity contribution in [3.05, 3.63) is 70.1 Å². The second-order valence-electron chi connectivity index (χ2n) is 12.3. The molecule has 5 saturated carbocycles. The van der Waals surface area contributed by atoms with Crippen LogP contribution in [0.1, 0.15) is 82.6 Å². The van der Waals surface area contributed by atoms with E-state index in [1.165, 1.54) is 104 Å². The SMILES string of the molecule is C(=C1C=c2cccc(-c3ccc(C45CC6CC(CC(C6)C4)C5)cc3)c2=C1)C1CCCCCC1. The zero-order chi connectivity index (χ0) is 21.8. The van der Waals surface area contributed by atoms with Crippen LogP contribution in [0.3, 0.4) is 0 Å². The first-order chi connectivity index (χ1) is 16.2. The van der Waals surface area contributed by atoms with E-state index in [1.54, 1.807) is 5.56 Å². The molecule has 0 amide bonds. The lowest BCUT2D eigenvalue weighted by Crippen LogP contribution is -2.48. The van der Waals surface area contributed by atoms with E-state index in [0.29, 0.717) is 5.41 Å². The molecule has 0 nitrogen and oxygen atoms in total. The first kappa shape index (κ1) is 20.3. The largest absolute Gasteiger partial charge is 0.0741 e. The number of hydrogen-bond donors (Lipinski definition) is 0. The molecular weight excluding hydrogens is 396 g/mol. The molecule has 0 saturated heterocycles.